The lowest BCUT2D eigenvalue weighted by Crippen LogP contribution is -2.32. The van der Waals surface area contributed by atoms with Crippen molar-refractivity contribution in [3.63, 3.8) is 0 Å². The van der Waals surface area contributed by atoms with E-state index >= 15 is 0 Å². The number of tetrazole rings is 1. The fourth-order valence-corrected chi connectivity index (χ4v) is 2.78. The first kappa shape index (κ1) is 16.6. The molecule has 0 fully saturated rings. The molecule has 9 nitrogen and oxygen atoms in total. The highest BCUT2D eigenvalue weighted by Crippen LogP contribution is 2.35. The van der Waals surface area contributed by atoms with Crippen molar-refractivity contribution < 1.29 is 14.3 Å². The molecular weight excluding hydrogens is 324 g/mol. The molecule has 1 atom stereocenters. The number of esters is 1. The maximum absolute atomic E-state index is 12.3. The number of nitrogens with zero attached hydrogens (tertiary/aromatic N) is 5. The van der Waals surface area contributed by atoms with E-state index < -0.39 is 12.0 Å². The number of aromatic nitrogens is 4. The molecule has 25 heavy (non-hydrogen) atoms. The molecular formula is C16H18N6O3. The van der Waals surface area contributed by atoms with E-state index in [4.69, 9.17) is 4.74 Å². The van der Waals surface area contributed by atoms with Gasteiger partial charge in [0.25, 0.3) is 0 Å². The standard InChI is InChI=1S/C16H18N6O3/c1-9(23)12-13(15(24)25-4)17-16-18-19-20-22(16)14(12)10-5-7-11(8-6-10)21(2)3/h5-8,14H,1-4H3,(H,17,18,20). The Bertz CT molecular complexity index is 853. The van der Waals surface area contributed by atoms with Gasteiger partial charge in [-0.25, -0.2) is 4.79 Å². The smallest absolute Gasteiger partial charge is 0.355 e. The van der Waals surface area contributed by atoms with Crippen LogP contribution in [0.25, 0.3) is 0 Å². The van der Waals surface area contributed by atoms with Gasteiger partial charge in [0.15, 0.2) is 5.78 Å². The topological polar surface area (TPSA) is 102 Å². The predicted octanol–water partition coefficient (Wildman–Crippen LogP) is 0.770. The molecule has 1 aromatic heterocycles. The van der Waals surface area contributed by atoms with Gasteiger partial charge in [0, 0.05) is 19.8 Å². The Labute approximate surface area is 144 Å². The number of rotatable bonds is 4. The van der Waals surface area contributed by atoms with Crippen LogP contribution in [0.5, 0.6) is 0 Å². The molecule has 1 aliphatic heterocycles. The van der Waals surface area contributed by atoms with Gasteiger partial charge in [-0.3, -0.25) is 4.79 Å². The maximum atomic E-state index is 12.3. The first-order valence-electron chi connectivity index (χ1n) is 7.59. The lowest BCUT2D eigenvalue weighted by atomic mass is 9.92. The molecule has 9 heteroatoms. The fourth-order valence-electron chi connectivity index (χ4n) is 2.78. The minimum Gasteiger partial charge on any atom is -0.464 e. The van der Waals surface area contributed by atoms with Crippen LogP contribution in [0.15, 0.2) is 35.5 Å². The summed E-state index contributed by atoms with van der Waals surface area (Å²) in [7, 11) is 5.14. The lowest BCUT2D eigenvalue weighted by Gasteiger charge is -2.27. The first-order valence-corrected chi connectivity index (χ1v) is 7.59. The zero-order chi connectivity index (χ0) is 18.1. The number of methoxy groups -OCH3 is 1. The van der Waals surface area contributed by atoms with E-state index in [0.717, 1.165) is 11.3 Å². The Morgan fingerprint density at radius 3 is 2.48 bits per heavy atom. The van der Waals surface area contributed by atoms with E-state index in [0.29, 0.717) is 0 Å². The number of fused-ring (bicyclic) bond motifs is 1. The van der Waals surface area contributed by atoms with Crippen LogP contribution in [-0.4, -0.2) is 53.2 Å². The van der Waals surface area contributed by atoms with E-state index in [1.807, 2.05) is 43.3 Å². The van der Waals surface area contributed by atoms with Crippen molar-refractivity contribution in [1.29, 1.82) is 0 Å². The Morgan fingerprint density at radius 2 is 1.92 bits per heavy atom. The van der Waals surface area contributed by atoms with Gasteiger partial charge in [-0.1, -0.05) is 17.2 Å². The second-order valence-electron chi connectivity index (χ2n) is 5.80. The van der Waals surface area contributed by atoms with Crippen molar-refractivity contribution in [2.75, 3.05) is 31.4 Å². The molecule has 0 amide bonds. The molecule has 130 valence electrons. The van der Waals surface area contributed by atoms with Crippen LogP contribution in [-0.2, 0) is 14.3 Å². The number of hydrogen-bond acceptors (Lipinski definition) is 8. The first-order chi connectivity index (χ1) is 11.9. The number of carbonyl (C=O) groups excluding carboxylic acids is 2. The molecule has 0 bridgehead atoms. The van der Waals surface area contributed by atoms with Crippen LogP contribution < -0.4 is 10.2 Å². The summed E-state index contributed by atoms with van der Waals surface area (Å²) < 4.78 is 6.28. The van der Waals surface area contributed by atoms with Gasteiger partial charge in [0.05, 0.1) is 12.7 Å². The van der Waals surface area contributed by atoms with Crippen molar-refractivity contribution >= 4 is 23.4 Å². The van der Waals surface area contributed by atoms with Crippen molar-refractivity contribution in [3.8, 4) is 0 Å². The maximum Gasteiger partial charge on any atom is 0.355 e. The molecule has 3 rings (SSSR count). The van der Waals surface area contributed by atoms with Crippen LogP contribution in [0.4, 0.5) is 11.6 Å². The highest BCUT2D eigenvalue weighted by Gasteiger charge is 2.36. The van der Waals surface area contributed by atoms with E-state index in [9.17, 15) is 9.59 Å². The highest BCUT2D eigenvalue weighted by atomic mass is 16.5. The normalized spacial score (nSPS) is 16.1. The monoisotopic (exact) mass is 342 g/mol. The summed E-state index contributed by atoms with van der Waals surface area (Å²) in [5.41, 5.74) is 2.10. The molecule has 1 N–H and O–H groups in total. The SMILES string of the molecule is COC(=O)C1=C(C(C)=O)C(c2ccc(N(C)C)cc2)n2nnnc2N1. The molecule has 1 unspecified atom stereocenters. The summed E-state index contributed by atoms with van der Waals surface area (Å²) in [6, 6.07) is 7.01. The Kier molecular flexibility index (Phi) is 4.22. The molecule has 0 spiro atoms. The van der Waals surface area contributed by atoms with Crippen molar-refractivity contribution in [1.82, 2.24) is 20.2 Å². The molecule has 2 aromatic rings. The summed E-state index contributed by atoms with van der Waals surface area (Å²) in [6.07, 6.45) is 0. The van der Waals surface area contributed by atoms with Gasteiger partial charge >= 0.3 is 5.97 Å². The number of allylic oxidation sites excluding steroid dienone is 1. The summed E-state index contributed by atoms with van der Waals surface area (Å²) in [5.74, 6) is -0.641. The third kappa shape index (κ3) is 2.84. The number of anilines is 2. The molecule has 0 saturated heterocycles. The third-order valence-corrected chi connectivity index (χ3v) is 4.01. The number of nitrogens with one attached hydrogen (secondary N) is 1. The van der Waals surface area contributed by atoms with Gasteiger partial charge in [-0.05, 0) is 35.0 Å². The van der Waals surface area contributed by atoms with Crippen LogP contribution in [0.2, 0.25) is 0 Å². The fraction of sp³-hybridized carbons (Fsp3) is 0.312. The van der Waals surface area contributed by atoms with Gasteiger partial charge in [0.2, 0.25) is 5.95 Å². The molecule has 0 saturated carbocycles. The number of hydrogen-bond donors (Lipinski definition) is 1. The zero-order valence-corrected chi connectivity index (χ0v) is 14.3. The predicted molar refractivity (Wildman–Crippen MR) is 90.1 cm³/mol. The van der Waals surface area contributed by atoms with Gasteiger partial charge < -0.3 is 15.0 Å². The van der Waals surface area contributed by atoms with Crippen molar-refractivity contribution in [3.05, 3.63) is 41.1 Å². The largest absolute Gasteiger partial charge is 0.464 e. The van der Waals surface area contributed by atoms with E-state index in [1.54, 1.807) is 0 Å². The molecule has 0 radical (unpaired) electrons. The quantitative estimate of drug-likeness (QED) is 0.813. The number of Topliss-reactive ketones (excluding diaryl/α,β-unsaturated/α-hetero) is 1. The van der Waals surface area contributed by atoms with E-state index in [-0.39, 0.29) is 23.0 Å². The minimum absolute atomic E-state index is 0.0546. The van der Waals surface area contributed by atoms with E-state index in [1.165, 1.54) is 18.7 Å². The second kappa shape index (κ2) is 6.34. The van der Waals surface area contributed by atoms with Gasteiger partial charge in [-0.2, -0.15) is 4.68 Å². The minimum atomic E-state index is -0.644. The number of ether oxygens (including phenoxy) is 1. The average Bonchev–Trinajstić information content (AvgIpc) is 3.07. The Hall–Kier alpha value is -3.23. The Balaban J connectivity index is 2.18. The van der Waals surface area contributed by atoms with E-state index in [2.05, 4.69) is 20.8 Å². The van der Waals surface area contributed by atoms with Crippen LogP contribution in [0.1, 0.15) is 18.5 Å². The van der Waals surface area contributed by atoms with Crippen molar-refractivity contribution in [2.24, 2.45) is 0 Å². The Morgan fingerprint density at radius 1 is 1.24 bits per heavy atom. The number of carbonyl (C=O) groups is 2. The second-order valence-corrected chi connectivity index (χ2v) is 5.80. The lowest BCUT2D eigenvalue weighted by molar-refractivity contribution is -0.136. The summed E-state index contributed by atoms with van der Waals surface area (Å²) in [4.78, 5) is 26.4. The summed E-state index contributed by atoms with van der Waals surface area (Å²) in [6.45, 7) is 1.40. The highest BCUT2D eigenvalue weighted by molar-refractivity contribution is 6.06. The number of benzene rings is 1. The number of ketones is 1. The molecule has 1 aliphatic rings. The molecule has 0 aliphatic carbocycles. The molecule has 1 aromatic carbocycles. The zero-order valence-electron chi connectivity index (χ0n) is 14.3. The van der Waals surface area contributed by atoms with Crippen LogP contribution in [0.3, 0.4) is 0 Å². The summed E-state index contributed by atoms with van der Waals surface area (Å²) >= 11 is 0. The van der Waals surface area contributed by atoms with Gasteiger partial charge in [0.1, 0.15) is 11.7 Å². The third-order valence-electron chi connectivity index (χ3n) is 4.01. The van der Waals surface area contributed by atoms with Crippen LogP contribution >= 0.6 is 0 Å². The van der Waals surface area contributed by atoms with Crippen molar-refractivity contribution in [2.45, 2.75) is 13.0 Å². The average molecular weight is 342 g/mol. The molecule has 2 heterocycles. The summed E-state index contributed by atoms with van der Waals surface area (Å²) in [5, 5.41) is 14.3. The van der Waals surface area contributed by atoms with Crippen LogP contribution in [0, 0.1) is 0 Å². The van der Waals surface area contributed by atoms with Gasteiger partial charge in [-0.15, -0.1) is 0 Å².